The highest BCUT2D eigenvalue weighted by atomic mass is 32.1. The average molecular weight is 317 g/mol. The predicted molar refractivity (Wildman–Crippen MR) is 95.6 cm³/mol. The van der Waals surface area contributed by atoms with E-state index < -0.39 is 0 Å². The van der Waals surface area contributed by atoms with Gasteiger partial charge in [0.15, 0.2) is 10.9 Å². The third-order valence-corrected chi connectivity index (χ3v) is 3.53. The normalized spacial score (nSPS) is 11.5. The summed E-state index contributed by atoms with van der Waals surface area (Å²) >= 11 is 5.30. The molecule has 0 unspecified atom stereocenters. The lowest BCUT2D eigenvalue weighted by Gasteiger charge is -2.12. The minimum absolute atomic E-state index is 0.0747. The van der Waals surface area contributed by atoms with Crippen molar-refractivity contribution in [2.75, 3.05) is 10.6 Å². The summed E-state index contributed by atoms with van der Waals surface area (Å²) in [5.41, 5.74) is 2.17. The molecule has 0 radical (unpaired) electrons. The molecule has 2 aromatic rings. The van der Waals surface area contributed by atoms with Crippen molar-refractivity contribution in [3.8, 4) is 0 Å². The van der Waals surface area contributed by atoms with Gasteiger partial charge in [0.2, 0.25) is 0 Å². The molecule has 0 saturated heterocycles. The van der Waals surface area contributed by atoms with Gasteiger partial charge in [0.1, 0.15) is 5.76 Å². The van der Waals surface area contributed by atoms with Gasteiger partial charge in [-0.25, -0.2) is 0 Å². The first-order chi connectivity index (χ1) is 10.3. The van der Waals surface area contributed by atoms with Crippen molar-refractivity contribution in [1.82, 2.24) is 5.16 Å². The molecule has 0 aliphatic carbocycles. The molecule has 0 bridgehead atoms. The van der Waals surface area contributed by atoms with Crippen molar-refractivity contribution in [3.05, 3.63) is 41.7 Å². The maximum absolute atomic E-state index is 5.32. The summed E-state index contributed by atoms with van der Waals surface area (Å²) in [6.07, 6.45) is 0. The lowest BCUT2D eigenvalue weighted by molar-refractivity contribution is 0.331. The van der Waals surface area contributed by atoms with Crippen LogP contribution in [0, 0.1) is 0 Å². The zero-order valence-corrected chi connectivity index (χ0v) is 14.5. The fourth-order valence-corrected chi connectivity index (χ4v) is 2.14. The third-order valence-electron chi connectivity index (χ3n) is 3.33. The van der Waals surface area contributed by atoms with Crippen LogP contribution in [0.25, 0.3) is 0 Å². The van der Waals surface area contributed by atoms with E-state index in [-0.39, 0.29) is 5.41 Å². The van der Waals surface area contributed by atoms with Crippen LogP contribution < -0.4 is 10.6 Å². The Morgan fingerprint density at radius 2 is 1.77 bits per heavy atom. The SMILES string of the molecule is CC(C)c1ccc(NC(=S)Nc2cc(C(C)(C)C)on2)cc1. The second kappa shape index (κ2) is 6.48. The summed E-state index contributed by atoms with van der Waals surface area (Å²) in [6.45, 7) is 10.6. The monoisotopic (exact) mass is 317 g/mol. The Bertz CT molecular complexity index is 639. The number of thiocarbonyl (C=S) groups is 1. The lowest BCUT2D eigenvalue weighted by Crippen LogP contribution is -2.19. The first-order valence-electron chi connectivity index (χ1n) is 7.41. The maximum atomic E-state index is 5.32. The van der Waals surface area contributed by atoms with Crippen LogP contribution in [-0.4, -0.2) is 10.3 Å². The molecule has 0 aliphatic rings. The van der Waals surface area contributed by atoms with E-state index in [0.717, 1.165) is 11.4 Å². The van der Waals surface area contributed by atoms with Crippen LogP contribution in [0.3, 0.4) is 0 Å². The van der Waals surface area contributed by atoms with Crippen LogP contribution in [0.2, 0.25) is 0 Å². The molecule has 22 heavy (non-hydrogen) atoms. The molecule has 2 rings (SSSR count). The fraction of sp³-hybridized carbons (Fsp3) is 0.412. The van der Waals surface area contributed by atoms with Crippen molar-refractivity contribution in [1.29, 1.82) is 0 Å². The van der Waals surface area contributed by atoms with Gasteiger partial charge < -0.3 is 15.2 Å². The molecule has 5 heteroatoms. The zero-order chi connectivity index (χ0) is 16.3. The number of aromatic nitrogens is 1. The molecule has 0 atom stereocenters. The molecule has 1 heterocycles. The summed E-state index contributed by atoms with van der Waals surface area (Å²) in [5, 5.41) is 10.7. The first kappa shape index (κ1) is 16.5. The standard InChI is InChI=1S/C17H23N3OS/c1-11(2)12-6-8-13(9-7-12)18-16(22)19-15-10-14(21-20-15)17(3,4)5/h6-11H,1-5H3,(H2,18,19,20,22). The van der Waals surface area contributed by atoms with Crippen LogP contribution >= 0.6 is 12.2 Å². The molecule has 1 aromatic carbocycles. The van der Waals surface area contributed by atoms with Gasteiger partial charge in [0.05, 0.1) is 0 Å². The van der Waals surface area contributed by atoms with Gasteiger partial charge >= 0.3 is 0 Å². The second-order valence-electron chi connectivity index (χ2n) is 6.68. The molecule has 2 N–H and O–H groups in total. The molecule has 0 spiro atoms. The quantitative estimate of drug-likeness (QED) is 0.788. The number of nitrogens with one attached hydrogen (secondary N) is 2. The number of hydrogen-bond donors (Lipinski definition) is 2. The van der Waals surface area contributed by atoms with Crippen molar-refractivity contribution < 1.29 is 4.52 Å². The van der Waals surface area contributed by atoms with Gasteiger partial charge in [-0.15, -0.1) is 0 Å². The Morgan fingerprint density at radius 3 is 2.27 bits per heavy atom. The summed E-state index contributed by atoms with van der Waals surface area (Å²) < 4.78 is 5.32. The maximum Gasteiger partial charge on any atom is 0.176 e. The Hall–Kier alpha value is -1.88. The van der Waals surface area contributed by atoms with Crippen LogP contribution in [-0.2, 0) is 5.41 Å². The highest BCUT2D eigenvalue weighted by Gasteiger charge is 2.19. The third kappa shape index (κ3) is 4.31. The van der Waals surface area contributed by atoms with Gasteiger partial charge in [-0.2, -0.15) is 0 Å². The molecular formula is C17H23N3OS. The molecule has 4 nitrogen and oxygen atoms in total. The van der Waals surface area contributed by atoms with E-state index in [9.17, 15) is 0 Å². The van der Waals surface area contributed by atoms with E-state index in [2.05, 4.69) is 62.5 Å². The van der Waals surface area contributed by atoms with Gasteiger partial charge in [-0.1, -0.05) is 51.9 Å². The number of rotatable bonds is 3. The number of nitrogens with zero attached hydrogens (tertiary/aromatic N) is 1. The molecule has 0 amide bonds. The topological polar surface area (TPSA) is 50.1 Å². The molecule has 0 aliphatic heterocycles. The van der Waals surface area contributed by atoms with Gasteiger partial charge in [-0.05, 0) is 35.8 Å². The van der Waals surface area contributed by atoms with E-state index in [1.165, 1.54) is 5.56 Å². The minimum atomic E-state index is -0.0747. The molecule has 1 aromatic heterocycles. The minimum Gasteiger partial charge on any atom is -0.359 e. The molecule has 0 saturated carbocycles. The molecular weight excluding hydrogens is 294 g/mol. The van der Waals surface area contributed by atoms with E-state index in [0.29, 0.717) is 16.8 Å². The van der Waals surface area contributed by atoms with Gasteiger partial charge in [-0.3, -0.25) is 0 Å². The summed E-state index contributed by atoms with van der Waals surface area (Å²) in [7, 11) is 0. The van der Waals surface area contributed by atoms with Crippen molar-refractivity contribution in [3.63, 3.8) is 0 Å². The highest BCUT2D eigenvalue weighted by Crippen LogP contribution is 2.24. The van der Waals surface area contributed by atoms with Crippen molar-refractivity contribution in [2.24, 2.45) is 0 Å². The van der Waals surface area contributed by atoms with Crippen LogP contribution in [0.15, 0.2) is 34.9 Å². The van der Waals surface area contributed by atoms with E-state index in [1.54, 1.807) is 0 Å². The fourth-order valence-electron chi connectivity index (χ4n) is 1.92. The molecule has 0 fully saturated rings. The predicted octanol–water partition coefficient (Wildman–Crippen LogP) is 4.90. The second-order valence-corrected chi connectivity index (χ2v) is 7.09. The Labute approximate surface area is 137 Å². The smallest absolute Gasteiger partial charge is 0.176 e. The first-order valence-corrected chi connectivity index (χ1v) is 7.81. The zero-order valence-electron chi connectivity index (χ0n) is 13.7. The summed E-state index contributed by atoms with van der Waals surface area (Å²) in [4.78, 5) is 0. The highest BCUT2D eigenvalue weighted by molar-refractivity contribution is 7.80. The van der Waals surface area contributed by atoms with Crippen LogP contribution in [0.1, 0.15) is 51.9 Å². The van der Waals surface area contributed by atoms with Crippen molar-refractivity contribution >= 4 is 28.8 Å². The summed E-state index contributed by atoms with van der Waals surface area (Å²) in [6, 6.07) is 10.1. The summed E-state index contributed by atoms with van der Waals surface area (Å²) in [5.74, 6) is 1.95. The van der Waals surface area contributed by atoms with Crippen LogP contribution in [0.4, 0.5) is 11.5 Å². The van der Waals surface area contributed by atoms with E-state index in [4.69, 9.17) is 16.7 Å². The van der Waals surface area contributed by atoms with E-state index in [1.807, 2.05) is 18.2 Å². The number of anilines is 2. The van der Waals surface area contributed by atoms with Gasteiger partial charge in [0.25, 0.3) is 0 Å². The number of benzene rings is 1. The largest absolute Gasteiger partial charge is 0.359 e. The Morgan fingerprint density at radius 1 is 1.14 bits per heavy atom. The van der Waals surface area contributed by atoms with Crippen LogP contribution in [0.5, 0.6) is 0 Å². The Balaban J connectivity index is 1.96. The van der Waals surface area contributed by atoms with E-state index >= 15 is 0 Å². The lowest BCUT2D eigenvalue weighted by atomic mass is 9.93. The average Bonchev–Trinajstić information content (AvgIpc) is 2.87. The number of hydrogen-bond acceptors (Lipinski definition) is 3. The molecule has 118 valence electrons. The van der Waals surface area contributed by atoms with Gasteiger partial charge in [0, 0.05) is 17.2 Å². The van der Waals surface area contributed by atoms with Crippen molar-refractivity contribution in [2.45, 2.75) is 46.0 Å². The Kier molecular flexibility index (Phi) is 4.86.